The predicted molar refractivity (Wildman–Crippen MR) is 140 cm³/mol. The van der Waals surface area contributed by atoms with E-state index >= 15 is 0 Å². The molecule has 1 fully saturated rings. The van der Waals surface area contributed by atoms with Crippen LogP contribution in [0.15, 0.2) is 59.0 Å². The first-order chi connectivity index (χ1) is 16.7. The van der Waals surface area contributed by atoms with E-state index in [1.54, 1.807) is 32.0 Å². The lowest BCUT2D eigenvalue weighted by Gasteiger charge is -2.18. The first-order valence-corrected chi connectivity index (χ1v) is 13.6. The third kappa shape index (κ3) is 4.22. The summed E-state index contributed by atoms with van der Waals surface area (Å²) in [6, 6.07) is 16.4. The van der Waals surface area contributed by atoms with Crippen LogP contribution in [0.2, 0.25) is 10.0 Å². The Bertz CT molecular complexity index is 1560. The third-order valence-electron chi connectivity index (χ3n) is 6.04. The lowest BCUT2D eigenvalue weighted by molar-refractivity contribution is 0.0914. The van der Waals surface area contributed by atoms with Gasteiger partial charge in [-0.05, 0) is 36.2 Å². The Balaban J connectivity index is 1.87. The molecule has 0 radical (unpaired) electrons. The van der Waals surface area contributed by atoms with Gasteiger partial charge in [-0.25, -0.2) is 13.4 Å². The number of carbonyl (C=O) groups is 1. The van der Waals surface area contributed by atoms with Gasteiger partial charge in [-0.3, -0.25) is 9.10 Å². The molecule has 9 heteroatoms. The number of nitrogens with zero attached hydrogens (tertiary/aromatic N) is 2. The molecule has 35 heavy (non-hydrogen) atoms. The number of carbonyl (C=O) groups excluding carboxylic acids is 1. The fourth-order valence-electron chi connectivity index (χ4n) is 4.29. The molecular weight excluding hydrogens is 507 g/mol. The van der Waals surface area contributed by atoms with Gasteiger partial charge in [-0.15, -0.1) is 0 Å². The van der Waals surface area contributed by atoms with Crippen LogP contribution >= 0.6 is 23.2 Å². The van der Waals surface area contributed by atoms with Crippen LogP contribution in [-0.4, -0.2) is 31.5 Å². The highest BCUT2D eigenvalue weighted by atomic mass is 35.5. The van der Waals surface area contributed by atoms with Gasteiger partial charge in [0.1, 0.15) is 5.69 Å². The Morgan fingerprint density at radius 2 is 1.77 bits per heavy atom. The number of furan rings is 1. The number of hydrogen-bond acceptors (Lipinski definition) is 5. The van der Waals surface area contributed by atoms with E-state index in [-0.39, 0.29) is 35.2 Å². The van der Waals surface area contributed by atoms with Crippen molar-refractivity contribution >= 4 is 55.8 Å². The zero-order valence-electron chi connectivity index (χ0n) is 19.1. The number of sulfonamides is 1. The van der Waals surface area contributed by atoms with Crippen LogP contribution in [0.3, 0.4) is 0 Å². The number of Topliss-reactive ketones (excluding diaryl/α,β-unsaturated/α-hetero) is 1. The van der Waals surface area contributed by atoms with E-state index in [0.717, 1.165) is 5.56 Å². The molecular formula is C26H22Cl2N2O4S. The highest BCUT2D eigenvalue weighted by Crippen LogP contribution is 2.43. The van der Waals surface area contributed by atoms with Crippen molar-refractivity contribution in [3.63, 3.8) is 0 Å². The van der Waals surface area contributed by atoms with Crippen molar-refractivity contribution in [3.05, 3.63) is 70.4 Å². The van der Waals surface area contributed by atoms with Crippen LogP contribution in [0.1, 0.15) is 30.8 Å². The molecule has 1 aliphatic rings. The Labute approximate surface area is 213 Å². The molecule has 3 heterocycles. The van der Waals surface area contributed by atoms with E-state index < -0.39 is 15.9 Å². The number of hydrogen-bond donors (Lipinski definition) is 0. The van der Waals surface area contributed by atoms with Crippen molar-refractivity contribution in [3.8, 4) is 22.4 Å². The van der Waals surface area contributed by atoms with Crippen LogP contribution in [0, 0.1) is 5.92 Å². The summed E-state index contributed by atoms with van der Waals surface area (Å²) in [4.78, 5) is 17.9. The van der Waals surface area contributed by atoms with Crippen molar-refractivity contribution < 1.29 is 17.6 Å². The Kier molecular flexibility index (Phi) is 6.11. The molecule has 5 rings (SSSR count). The monoisotopic (exact) mass is 528 g/mol. The largest absolute Gasteiger partial charge is 0.432 e. The maximum atomic E-state index is 13.1. The number of pyridine rings is 1. The summed E-state index contributed by atoms with van der Waals surface area (Å²) < 4.78 is 33.1. The van der Waals surface area contributed by atoms with Crippen LogP contribution in [0.4, 0.5) is 5.69 Å². The molecule has 2 aromatic carbocycles. The van der Waals surface area contributed by atoms with Crippen LogP contribution in [0.25, 0.3) is 33.5 Å². The number of anilines is 1. The summed E-state index contributed by atoms with van der Waals surface area (Å²) in [5.41, 5.74) is 3.20. The maximum Gasteiger partial charge on any atom is 0.235 e. The van der Waals surface area contributed by atoms with Crippen molar-refractivity contribution in [1.82, 2.24) is 4.98 Å². The second kappa shape index (κ2) is 8.97. The van der Waals surface area contributed by atoms with Gasteiger partial charge >= 0.3 is 0 Å². The van der Waals surface area contributed by atoms with Gasteiger partial charge in [0.15, 0.2) is 5.76 Å². The van der Waals surface area contributed by atoms with Gasteiger partial charge < -0.3 is 4.42 Å². The summed E-state index contributed by atoms with van der Waals surface area (Å²) in [6.45, 7) is 3.77. The molecule has 0 saturated carbocycles. The third-order valence-corrected chi connectivity index (χ3v) is 8.46. The molecule has 6 nitrogen and oxygen atoms in total. The quantitative estimate of drug-likeness (QED) is 0.264. The minimum atomic E-state index is -3.58. The van der Waals surface area contributed by atoms with Gasteiger partial charge in [-0.2, -0.15) is 0 Å². The van der Waals surface area contributed by atoms with Gasteiger partial charge in [0.05, 0.1) is 16.8 Å². The minimum absolute atomic E-state index is 0.00587. The molecule has 0 N–H and O–H groups in total. The highest BCUT2D eigenvalue weighted by molar-refractivity contribution is 7.93. The lowest BCUT2D eigenvalue weighted by Crippen LogP contribution is -2.27. The normalized spacial score (nSPS) is 15.3. The molecule has 0 spiro atoms. The summed E-state index contributed by atoms with van der Waals surface area (Å²) in [5, 5.41) is 1.54. The summed E-state index contributed by atoms with van der Waals surface area (Å²) in [5.74, 6) is -0.651. The Hall–Kier alpha value is -2.87. The van der Waals surface area contributed by atoms with Crippen LogP contribution in [-0.2, 0) is 10.0 Å². The van der Waals surface area contributed by atoms with Gasteiger partial charge in [0, 0.05) is 33.6 Å². The van der Waals surface area contributed by atoms with Crippen LogP contribution < -0.4 is 4.31 Å². The van der Waals surface area contributed by atoms with E-state index in [4.69, 9.17) is 32.6 Å². The fourth-order valence-corrected chi connectivity index (χ4v) is 6.22. The number of fused-ring (bicyclic) bond motifs is 1. The van der Waals surface area contributed by atoms with Gasteiger partial charge in [0.25, 0.3) is 0 Å². The zero-order chi connectivity index (χ0) is 24.9. The smallest absolute Gasteiger partial charge is 0.235 e. The summed E-state index contributed by atoms with van der Waals surface area (Å²) in [7, 11) is -3.58. The number of halogens is 2. The van der Waals surface area contributed by atoms with E-state index in [2.05, 4.69) is 0 Å². The van der Waals surface area contributed by atoms with Gasteiger partial charge in [0.2, 0.25) is 21.5 Å². The Morgan fingerprint density at radius 1 is 1.06 bits per heavy atom. The number of benzene rings is 2. The fraction of sp³-hybridized carbons (Fsp3) is 0.231. The molecule has 0 bridgehead atoms. The average Bonchev–Trinajstić information content (AvgIpc) is 3.36. The van der Waals surface area contributed by atoms with Crippen LogP contribution in [0.5, 0.6) is 0 Å². The van der Waals surface area contributed by atoms with E-state index in [9.17, 15) is 13.2 Å². The summed E-state index contributed by atoms with van der Waals surface area (Å²) >= 11 is 12.7. The highest BCUT2D eigenvalue weighted by Gasteiger charge is 2.36. The first-order valence-electron chi connectivity index (χ1n) is 11.2. The van der Waals surface area contributed by atoms with Crippen molar-refractivity contribution in [2.24, 2.45) is 5.92 Å². The minimum Gasteiger partial charge on any atom is -0.432 e. The SMILES string of the molecule is CC(C)C(=O)c1oc2nc(-c3ccccc3Cl)c(-c3ccc(Cl)cc3)cc2c1N1CCCS1(=O)=O. The molecule has 0 amide bonds. The Morgan fingerprint density at radius 3 is 2.40 bits per heavy atom. The standard InChI is InChI=1S/C26H22Cl2N2O4S/c1-15(2)24(31)25-23(30-12-5-13-35(30,32)33)20-14-19(16-8-10-17(27)11-9-16)22(29-26(20)34-25)18-6-3-4-7-21(18)28/h3-4,6-11,14-15H,5,12-13H2,1-2H3. The molecule has 0 aliphatic carbocycles. The average molecular weight is 529 g/mol. The van der Waals surface area contributed by atoms with Crippen molar-refractivity contribution in [2.45, 2.75) is 20.3 Å². The lowest BCUT2D eigenvalue weighted by atomic mass is 9.97. The molecule has 0 atom stereocenters. The second-order valence-corrected chi connectivity index (χ2v) is 11.6. The van der Waals surface area contributed by atoms with E-state index in [1.165, 1.54) is 4.31 Å². The second-order valence-electron chi connectivity index (χ2n) is 8.76. The molecule has 0 unspecified atom stereocenters. The number of aromatic nitrogens is 1. The number of ketones is 1. The summed E-state index contributed by atoms with van der Waals surface area (Å²) in [6.07, 6.45) is 0.472. The topological polar surface area (TPSA) is 80.5 Å². The molecule has 180 valence electrons. The van der Waals surface area contributed by atoms with E-state index in [1.807, 2.05) is 36.4 Å². The molecule has 1 saturated heterocycles. The molecule has 2 aromatic heterocycles. The maximum absolute atomic E-state index is 13.1. The first kappa shape index (κ1) is 23.9. The number of rotatable bonds is 5. The van der Waals surface area contributed by atoms with Gasteiger partial charge in [-0.1, -0.05) is 67.4 Å². The molecule has 1 aliphatic heterocycles. The van der Waals surface area contributed by atoms with E-state index in [0.29, 0.717) is 38.7 Å². The zero-order valence-corrected chi connectivity index (χ0v) is 21.4. The molecule has 4 aromatic rings. The predicted octanol–water partition coefficient (Wildman–Crippen LogP) is 6.85. The van der Waals surface area contributed by atoms with Crippen molar-refractivity contribution in [2.75, 3.05) is 16.6 Å². The van der Waals surface area contributed by atoms with Crippen molar-refractivity contribution in [1.29, 1.82) is 0 Å².